The number of para-hydroxylation sites is 1. The predicted molar refractivity (Wildman–Crippen MR) is 122 cm³/mol. The Balaban J connectivity index is 1.74. The molecule has 0 bridgehead atoms. The number of carbonyl (C=O) groups is 1. The van der Waals surface area contributed by atoms with Gasteiger partial charge in [0.25, 0.3) is 5.91 Å². The van der Waals surface area contributed by atoms with E-state index in [1.54, 1.807) is 24.3 Å². The van der Waals surface area contributed by atoms with E-state index < -0.39 is 0 Å². The van der Waals surface area contributed by atoms with Crippen LogP contribution in [0.25, 0.3) is 11.3 Å². The maximum Gasteiger partial charge on any atom is 0.273 e. The van der Waals surface area contributed by atoms with Crippen molar-refractivity contribution in [1.29, 1.82) is 0 Å². The zero-order chi connectivity index (χ0) is 22.5. The molecule has 1 atom stereocenters. The summed E-state index contributed by atoms with van der Waals surface area (Å²) in [6.07, 6.45) is 2.42. The van der Waals surface area contributed by atoms with E-state index in [-0.39, 0.29) is 17.7 Å². The standard InChI is InChI=1S/C25H27N3O4/c1-3-15-32-18-12-10-17(11-13-18)24-21-22(19-8-5-6-9-20(19)29)26-27-23(21)25(30)28(24)14-7-16-31-4-2/h3,5-6,8-13,24,29H,1,4,7,14-16H2,2H3,(H,26,27). The number of rotatable bonds is 10. The number of hydrogen-bond acceptors (Lipinski definition) is 5. The summed E-state index contributed by atoms with van der Waals surface area (Å²) in [6, 6.07) is 14.4. The van der Waals surface area contributed by atoms with E-state index in [1.165, 1.54) is 0 Å². The summed E-state index contributed by atoms with van der Waals surface area (Å²) in [5.74, 6) is 0.743. The summed E-state index contributed by atoms with van der Waals surface area (Å²) in [4.78, 5) is 15.1. The van der Waals surface area contributed by atoms with Crippen LogP contribution in [0.4, 0.5) is 0 Å². The second-order valence-electron chi connectivity index (χ2n) is 7.50. The average molecular weight is 434 g/mol. The van der Waals surface area contributed by atoms with Gasteiger partial charge in [-0.2, -0.15) is 5.10 Å². The molecule has 32 heavy (non-hydrogen) atoms. The van der Waals surface area contributed by atoms with Gasteiger partial charge in [-0.15, -0.1) is 0 Å². The van der Waals surface area contributed by atoms with E-state index in [0.717, 1.165) is 23.3 Å². The number of H-pyrrole nitrogens is 1. The minimum absolute atomic E-state index is 0.109. The molecule has 1 aliphatic rings. The number of amides is 1. The molecule has 0 radical (unpaired) electrons. The summed E-state index contributed by atoms with van der Waals surface area (Å²) in [6.45, 7) is 7.82. The Morgan fingerprint density at radius 3 is 2.72 bits per heavy atom. The van der Waals surface area contributed by atoms with Gasteiger partial charge in [0.1, 0.15) is 29.5 Å². The predicted octanol–water partition coefficient (Wildman–Crippen LogP) is 4.32. The maximum absolute atomic E-state index is 13.3. The number of aromatic hydroxyl groups is 1. The summed E-state index contributed by atoms with van der Waals surface area (Å²) in [5.41, 5.74) is 3.34. The highest BCUT2D eigenvalue weighted by Crippen LogP contribution is 2.44. The molecule has 2 aromatic carbocycles. The van der Waals surface area contributed by atoms with Crippen LogP contribution in [0.15, 0.2) is 61.2 Å². The van der Waals surface area contributed by atoms with E-state index in [4.69, 9.17) is 9.47 Å². The lowest BCUT2D eigenvalue weighted by atomic mass is 9.95. The van der Waals surface area contributed by atoms with Crippen molar-refractivity contribution in [2.75, 3.05) is 26.4 Å². The molecule has 2 heterocycles. The van der Waals surface area contributed by atoms with Crippen molar-refractivity contribution in [3.05, 3.63) is 78.0 Å². The normalized spacial score (nSPS) is 15.1. The molecule has 3 aromatic rings. The lowest BCUT2D eigenvalue weighted by Gasteiger charge is -2.26. The Labute approximate surface area is 187 Å². The fourth-order valence-electron chi connectivity index (χ4n) is 4.04. The number of aromatic nitrogens is 2. The quantitative estimate of drug-likeness (QED) is 0.367. The first-order valence-electron chi connectivity index (χ1n) is 10.7. The Kier molecular flexibility index (Phi) is 6.56. The van der Waals surface area contributed by atoms with Crippen molar-refractivity contribution in [2.45, 2.75) is 19.4 Å². The highest BCUT2D eigenvalue weighted by Gasteiger charge is 2.42. The highest BCUT2D eigenvalue weighted by molar-refractivity contribution is 6.00. The molecule has 0 spiro atoms. The Morgan fingerprint density at radius 2 is 2.00 bits per heavy atom. The van der Waals surface area contributed by atoms with E-state index in [1.807, 2.05) is 42.2 Å². The Morgan fingerprint density at radius 1 is 1.22 bits per heavy atom. The Bertz CT molecular complexity index is 1090. The third-order valence-electron chi connectivity index (χ3n) is 5.48. The number of phenolic OH excluding ortho intramolecular Hbond substituents is 1. The van der Waals surface area contributed by atoms with E-state index in [0.29, 0.717) is 43.3 Å². The lowest BCUT2D eigenvalue weighted by molar-refractivity contribution is 0.0710. The van der Waals surface area contributed by atoms with Crippen molar-refractivity contribution < 1.29 is 19.4 Å². The maximum atomic E-state index is 13.3. The molecule has 166 valence electrons. The van der Waals surface area contributed by atoms with Crippen LogP contribution in [-0.4, -0.2) is 52.5 Å². The largest absolute Gasteiger partial charge is 0.507 e. The van der Waals surface area contributed by atoms with E-state index >= 15 is 0 Å². The molecule has 1 unspecified atom stereocenters. The van der Waals surface area contributed by atoms with Crippen LogP contribution in [-0.2, 0) is 4.74 Å². The summed E-state index contributed by atoms with van der Waals surface area (Å²) in [5, 5.41) is 17.7. The minimum atomic E-state index is -0.332. The van der Waals surface area contributed by atoms with Crippen LogP contribution < -0.4 is 4.74 Å². The number of nitrogens with one attached hydrogen (secondary N) is 1. The molecular formula is C25H27N3O4. The zero-order valence-corrected chi connectivity index (χ0v) is 18.1. The molecule has 0 aliphatic carbocycles. The fraction of sp³-hybridized carbons (Fsp3) is 0.280. The van der Waals surface area contributed by atoms with Crippen LogP contribution in [0, 0.1) is 0 Å². The van der Waals surface area contributed by atoms with Crippen molar-refractivity contribution in [2.24, 2.45) is 0 Å². The van der Waals surface area contributed by atoms with Gasteiger partial charge in [-0.1, -0.05) is 36.9 Å². The van der Waals surface area contributed by atoms with E-state index in [9.17, 15) is 9.90 Å². The Hall–Kier alpha value is -3.58. The van der Waals surface area contributed by atoms with Crippen molar-refractivity contribution in [3.63, 3.8) is 0 Å². The third kappa shape index (κ3) is 4.11. The molecule has 7 heteroatoms. The van der Waals surface area contributed by atoms with Crippen LogP contribution in [0.2, 0.25) is 0 Å². The first-order valence-corrected chi connectivity index (χ1v) is 10.7. The van der Waals surface area contributed by atoms with Crippen LogP contribution in [0.1, 0.15) is 41.0 Å². The molecule has 7 nitrogen and oxygen atoms in total. The van der Waals surface area contributed by atoms with Gasteiger partial charge in [0.15, 0.2) is 0 Å². The van der Waals surface area contributed by atoms with Gasteiger partial charge in [-0.3, -0.25) is 9.89 Å². The van der Waals surface area contributed by atoms with Gasteiger partial charge in [-0.05, 0) is 43.2 Å². The SMILES string of the molecule is C=CCOc1ccc(C2c3c(-c4ccccc4O)n[nH]c3C(=O)N2CCCOCC)cc1. The number of ether oxygens (including phenoxy) is 2. The molecular weight excluding hydrogens is 406 g/mol. The van der Waals surface area contributed by atoms with Crippen molar-refractivity contribution in [3.8, 4) is 22.8 Å². The van der Waals surface area contributed by atoms with Gasteiger partial charge in [-0.25, -0.2) is 0 Å². The van der Waals surface area contributed by atoms with Crippen LogP contribution in [0.3, 0.4) is 0 Å². The first kappa shape index (κ1) is 21.6. The van der Waals surface area contributed by atoms with Gasteiger partial charge in [0.2, 0.25) is 0 Å². The third-order valence-corrected chi connectivity index (χ3v) is 5.48. The summed E-state index contributed by atoms with van der Waals surface area (Å²) < 4.78 is 11.1. The lowest BCUT2D eigenvalue weighted by Crippen LogP contribution is -2.31. The number of carbonyl (C=O) groups excluding carboxylic acids is 1. The zero-order valence-electron chi connectivity index (χ0n) is 18.1. The first-order chi connectivity index (χ1) is 15.7. The summed E-state index contributed by atoms with van der Waals surface area (Å²) >= 11 is 0. The number of phenols is 1. The minimum Gasteiger partial charge on any atom is -0.507 e. The number of fused-ring (bicyclic) bond motifs is 1. The molecule has 1 amide bonds. The summed E-state index contributed by atoms with van der Waals surface area (Å²) in [7, 11) is 0. The number of nitrogens with zero attached hydrogens (tertiary/aromatic N) is 2. The van der Waals surface area contributed by atoms with Crippen LogP contribution >= 0.6 is 0 Å². The molecule has 0 saturated carbocycles. The van der Waals surface area contributed by atoms with Crippen LogP contribution in [0.5, 0.6) is 11.5 Å². The number of hydrogen-bond donors (Lipinski definition) is 2. The molecule has 0 saturated heterocycles. The number of aromatic amines is 1. The van der Waals surface area contributed by atoms with Crippen molar-refractivity contribution >= 4 is 5.91 Å². The van der Waals surface area contributed by atoms with Gasteiger partial charge in [0.05, 0.1) is 6.04 Å². The van der Waals surface area contributed by atoms with Gasteiger partial charge in [0, 0.05) is 30.9 Å². The molecule has 1 aromatic heterocycles. The van der Waals surface area contributed by atoms with Gasteiger partial charge < -0.3 is 19.5 Å². The number of benzene rings is 2. The second-order valence-corrected chi connectivity index (χ2v) is 7.50. The molecule has 0 fully saturated rings. The molecule has 2 N–H and O–H groups in total. The molecule has 4 rings (SSSR count). The smallest absolute Gasteiger partial charge is 0.273 e. The van der Waals surface area contributed by atoms with E-state index in [2.05, 4.69) is 16.8 Å². The molecule has 1 aliphatic heterocycles. The highest BCUT2D eigenvalue weighted by atomic mass is 16.5. The topological polar surface area (TPSA) is 87.7 Å². The van der Waals surface area contributed by atoms with Gasteiger partial charge >= 0.3 is 0 Å². The second kappa shape index (κ2) is 9.70. The average Bonchev–Trinajstić information content (AvgIpc) is 3.35. The van der Waals surface area contributed by atoms with Crippen molar-refractivity contribution in [1.82, 2.24) is 15.1 Å². The monoisotopic (exact) mass is 433 g/mol. The fourth-order valence-corrected chi connectivity index (χ4v) is 4.04.